The van der Waals surface area contributed by atoms with Gasteiger partial charge in [-0.25, -0.2) is 0 Å². The number of rotatable bonds is 6. The molecule has 1 heterocycles. The maximum atomic E-state index is 6.04. The molecule has 0 saturated carbocycles. The molecule has 2 aromatic rings. The Bertz CT molecular complexity index is 634. The van der Waals surface area contributed by atoms with Crippen LogP contribution in [-0.2, 0) is 0 Å². The first-order valence-corrected chi connectivity index (χ1v) is 8.39. The van der Waals surface area contributed by atoms with Crippen LogP contribution >= 0.6 is 0 Å². The van der Waals surface area contributed by atoms with E-state index in [1.807, 2.05) is 0 Å². The number of piperidine rings is 1. The Morgan fingerprint density at radius 2 is 1.74 bits per heavy atom. The second-order valence-corrected chi connectivity index (χ2v) is 6.40. The Labute approximate surface area is 150 Å². The molecule has 3 heteroatoms. The molecule has 1 fully saturated rings. The molecule has 3 rings (SSSR count). The van der Waals surface area contributed by atoms with Gasteiger partial charge in [-0.2, -0.15) is 0 Å². The smallest absolute Gasteiger partial charge is 0.137 e. The average Bonchev–Trinajstić information content (AvgIpc) is 2.56. The Kier molecular flexibility index (Phi) is 6.67. The van der Waals surface area contributed by atoms with E-state index in [-0.39, 0.29) is 17.0 Å². The summed E-state index contributed by atoms with van der Waals surface area (Å²) in [6, 6.07) is 14.8. The van der Waals surface area contributed by atoms with Crippen molar-refractivity contribution in [1.82, 2.24) is 0 Å². The van der Waals surface area contributed by atoms with Crippen LogP contribution in [0.5, 0.6) is 5.75 Å². The Morgan fingerprint density at radius 3 is 2.48 bits per heavy atom. The van der Waals surface area contributed by atoms with Gasteiger partial charge < -0.3 is 26.2 Å². The summed E-state index contributed by atoms with van der Waals surface area (Å²) < 4.78 is 7.19. The van der Waals surface area contributed by atoms with Gasteiger partial charge >= 0.3 is 0 Å². The predicted octanol–water partition coefficient (Wildman–Crippen LogP) is 1.41. The molecule has 1 aliphatic rings. The van der Waals surface area contributed by atoms with E-state index >= 15 is 0 Å². The summed E-state index contributed by atoms with van der Waals surface area (Å²) in [6.45, 7) is 9.42. The molecule has 0 unspecified atom stereocenters. The molecule has 0 bridgehead atoms. The lowest BCUT2D eigenvalue weighted by Gasteiger charge is -2.40. The summed E-state index contributed by atoms with van der Waals surface area (Å²) in [5.41, 5.74) is 0. The van der Waals surface area contributed by atoms with Gasteiger partial charge in [0, 0.05) is 0 Å². The minimum Gasteiger partial charge on any atom is -1.00 e. The van der Waals surface area contributed by atoms with Gasteiger partial charge in [0.2, 0.25) is 0 Å². The van der Waals surface area contributed by atoms with E-state index in [1.165, 1.54) is 43.1 Å². The lowest BCUT2D eigenvalue weighted by atomic mass is 10.1. The van der Waals surface area contributed by atoms with Crippen molar-refractivity contribution in [2.24, 2.45) is 0 Å². The summed E-state index contributed by atoms with van der Waals surface area (Å²) >= 11 is 0. The first kappa shape index (κ1) is 18.0. The van der Waals surface area contributed by atoms with Crippen molar-refractivity contribution in [2.45, 2.75) is 19.3 Å². The standard InChI is InChI=1S/C20H26NO.BrH/c1-2-12-21(13-6-3-7-14-21)15-16-22-20-11-10-18-8-4-5-9-19(18)17-20;/h2,4-5,8-11,17H,1,3,6-7,12-16H2;1H/q+1;/p-1. The number of halogens is 1. The van der Waals surface area contributed by atoms with Crippen LogP contribution in [0.4, 0.5) is 0 Å². The van der Waals surface area contributed by atoms with Gasteiger partial charge in [-0.05, 0) is 48.2 Å². The number of hydrogen-bond donors (Lipinski definition) is 0. The quantitative estimate of drug-likeness (QED) is 0.547. The molecule has 0 aromatic heterocycles. The van der Waals surface area contributed by atoms with Gasteiger partial charge in [0.15, 0.2) is 0 Å². The maximum absolute atomic E-state index is 6.04. The highest BCUT2D eigenvalue weighted by molar-refractivity contribution is 5.83. The van der Waals surface area contributed by atoms with Crippen LogP contribution in [0.2, 0.25) is 0 Å². The highest BCUT2D eigenvalue weighted by Gasteiger charge is 2.28. The number of fused-ring (bicyclic) bond motifs is 1. The highest BCUT2D eigenvalue weighted by Crippen LogP contribution is 2.22. The number of quaternary nitrogens is 1. The predicted molar refractivity (Wildman–Crippen MR) is 93.2 cm³/mol. The maximum Gasteiger partial charge on any atom is 0.137 e. The van der Waals surface area contributed by atoms with E-state index in [9.17, 15) is 0 Å². The number of nitrogens with zero attached hydrogens (tertiary/aromatic N) is 1. The van der Waals surface area contributed by atoms with E-state index in [1.54, 1.807) is 0 Å². The minimum absolute atomic E-state index is 0. The third-order valence-electron chi connectivity index (χ3n) is 4.84. The fraction of sp³-hybridized carbons (Fsp3) is 0.400. The molecular weight excluding hydrogens is 350 g/mol. The molecule has 0 spiro atoms. The molecule has 0 radical (unpaired) electrons. The molecule has 0 N–H and O–H groups in total. The van der Waals surface area contributed by atoms with Crippen molar-refractivity contribution in [3.63, 3.8) is 0 Å². The van der Waals surface area contributed by atoms with E-state index in [2.05, 4.69) is 55.1 Å². The summed E-state index contributed by atoms with van der Waals surface area (Å²) in [6.07, 6.45) is 6.12. The summed E-state index contributed by atoms with van der Waals surface area (Å²) in [5, 5.41) is 2.51. The summed E-state index contributed by atoms with van der Waals surface area (Å²) in [5.74, 6) is 0.979. The Hall–Kier alpha value is -1.32. The van der Waals surface area contributed by atoms with E-state index in [0.717, 1.165) is 29.9 Å². The van der Waals surface area contributed by atoms with Crippen LogP contribution < -0.4 is 21.7 Å². The minimum atomic E-state index is 0. The van der Waals surface area contributed by atoms with Crippen molar-refractivity contribution in [1.29, 1.82) is 0 Å². The fourth-order valence-corrected chi connectivity index (χ4v) is 3.57. The molecule has 23 heavy (non-hydrogen) atoms. The molecule has 0 aliphatic carbocycles. The van der Waals surface area contributed by atoms with Crippen LogP contribution in [0, 0.1) is 0 Å². The van der Waals surface area contributed by atoms with Gasteiger partial charge in [-0.3, -0.25) is 0 Å². The molecule has 124 valence electrons. The second-order valence-electron chi connectivity index (χ2n) is 6.40. The van der Waals surface area contributed by atoms with Crippen LogP contribution in [0.3, 0.4) is 0 Å². The van der Waals surface area contributed by atoms with Crippen LogP contribution in [0.15, 0.2) is 55.1 Å². The second kappa shape index (κ2) is 8.51. The lowest BCUT2D eigenvalue weighted by molar-refractivity contribution is -0.927. The van der Waals surface area contributed by atoms with E-state index in [4.69, 9.17) is 4.74 Å². The molecule has 2 nitrogen and oxygen atoms in total. The first-order valence-electron chi connectivity index (χ1n) is 8.39. The molecule has 0 atom stereocenters. The molecule has 1 saturated heterocycles. The summed E-state index contributed by atoms with van der Waals surface area (Å²) in [4.78, 5) is 0. The fourth-order valence-electron chi connectivity index (χ4n) is 3.57. The lowest BCUT2D eigenvalue weighted by Crippen LogP contribution is -3.00. The Morgan fingerprint density at radius 1 is 1.00 bits per heavy atom. The van der Waals surface area contributed by atoms with Crippen molar-refractivity contribution in [2.75, 3.05) is 32.8 Å². The van der Waals surface area contributed by atoms with Crippen molar-refractivity contribution in [3.8, 4) is 5.75 Å². The first-order chi connectivity index (χ1) is 10.8. The van der Waals surface area contributed by atoms with Crippen LogP contribution in [-0.4, -0.2) is 37.3 Å². The molecule has 2 aromatic carbocycles. The van der Waals surface area contributed by atoms with Crippen molar-refractivity contribution >= 4 is 10.8 Å². The Balaban J connectivity index is 0.00000192. The van der Waals surface area contributed by atoms with Crippen LogP contribution in [0.25, 0.3) is 10.8 Å². The van der Waals surface area contributed by atoms with E-state index < -0.39 is 0 Å². The topological polar surface area (TPSA) is 9.23 Å². The third kappa shape index (κ3) is 4.58. The van der Waals surface area contributed by atoms with Gasteiger partial charge in [-0.15, -0.1) is 0 Å². The number of likely N-dealkylation sites (tertiary alicyclic amines) is 1. The van der Waals surface area contributed by atoms with Gasteiger partial charge in [0.25, 0.3) is 0 Å². The zero-order valence-corrected chi connectivity index (χ0v) is 15.3. The number of ether oxygens (including phenoxy) is 1. The highest BCUT2D eigenvalue weighted by atomic mass is 79.9. The average molecular weight is 376 g/mol. The number of benzene rings is 2. The molecule has 1 aliphatic heterocycles. The van der Waals surface area contributed by atoms with Gasteiger partial charge in [0.05, 0.1) is 19.6 Å². The SMILES string of the molecule is C=CC[N+]1(CCOc2ccc3ccccc3c2)CCCCC1.[Br-]. The van der Waals surface area contributed by atoms with Crippen molar-refractivity contribution < 1.29 is 26.2 Å². The van der Waals surface area contributed by atoms with Crippen LogP contribution in [0.1, 0.15) is 19.3 Å². The van der Waals surface area contributed by atoms with Gasteiger partial charge in [0.1, 0.15) is 18.9 Å². The number of hydrogen-bond acceptors (Lipinski definition) is 1. The monoisotopic (exact) mass is 375 g/mol. The normalized spacial score (nSPS) is 16.5. The zero-order chi connectivity index (χ0) is 15.3. The zero-order valence-electron chi connectivity index (χ0n) is 13.7. The van der Waals surface area contributed by atoms with E-state index in [0.29, 0.717) is 0 Å². The largest absolute Gasteiger partial charge is 1.00 e. The van der Waals surface area contributed by atoms with Gasteiger partial charge in [-0.1, -0.05) is 36.9 Å². The molecular formula is C20H26BrNO. The van der Waals surface area contributed by atoms with Crippen molar-refractivity contribution in [3.05, 3.63) is 55.1 Å². The summed E-state index contributed by atoms with van der Waals surface area (Å²) in [7, 11) is 0. The molecule has 0 amide bonds. The third-order valence-corrected chi connectivity index (χ3v) is 4.84.